The Morgan fingerprint density at radius 1 is 0.946 bits per heavy atom. The summed E-state index contributed by atoms with van der Waals surface area (Å²) >= 11 is 6.41. The van der Waals surface area contributed by atoms with Crippen LogP contribution in [0.3, 0.4) is 0 Å². The van der Waals surface area contributed by atoms with Crippen LogP contribution in [-0.2, 0) is 9.53 Å². The quantitative estimate of drug-likeness (QED) is 0.312. The maximum Gasteiger partial charge on any atom is 0.343 e. The van der Waals surface area contributed by atoms with Gasteiger partial charge in [-0.2, -0.15) is 5.01 Å². The third-order valence-electron chi connectivity index (χ3n) is 5.61. The molecule has 0 aromatic heterocycles. The van der Waals surface area contributed by atoms with Crippen molar-refractivity contribution in [3.63, 3.8) is 0 Å². The van der Waals surface area contributed by atoms with Crippen molar-refractivity contribution < 1.29 is 33.3 Å². The van der Waals surface area contributed by atoms with Crippen LogP contribution in [0.1, 0.15) is 40.2 Å². The second-order valence-electron chi connectivity index (χ2n) is 8.06. The van der Waals surface area contributed by atoms with Gasteiger partial charge in [0.15, 0.2) is 11.5 Å². The SMILES string of the molecule is COc1cc(C(=O)Oc2ccccc2[C@H]2OC(c3ccc(C)cc3Cl)=NN2C(C)=O)cc(OC)c1OC. The van der Waals surface area contributed by atoms with Gasteiger partial charge in [-0.1, -0.05) is 29.8 Å². The molecule has 0 unspecified atom stereocenters. The Morgan fingerprint density at radius 3 is 2.22 bits per heavy atom. The number of aryl methyl sites for hydroxylation is 1. The van der Waals surface area contributed by atoms with Crippen LogP contribution < -0.4 is 18.9 Å². The lowest BCUT2D eigenvalue weighted by atomic mass is 10.1. The highest BCUT2D eigenvalue weighted by molar-refractivity contribution is 6.34. The fourth-order valence-corrected chi connectivity index (χ4v) is 4.12. The van der Waals surface area contributed by atoms with E-state index in [0.717, 1.165) is 5.56 Å². The molecule has 3 aromatic rings. The van der Waals surface area contributed by atoms with Crippen LogP contribution >= 0.6 is 11.6 Å². The highest BCUT2D eigenvalue weighted by Gasteiger charge is 2.36. The van der Waals surface area contributed by atoms with E-state index in [1.807, 2.05) is 13.0 Å². The van der Waals surface area contributed by atoms with Crippen molar-refractivity contribution in [2.45, 2.75) is 20.1 Å². The summed E-state index contributed by atoms with van der Waals surface area (Å²) in [5.74, 6) is 0.266. The molecule has 10 heteroatoms. The summed E-state index contributed by atoms with van der Waals surface area (Å²) < 4.78 is 27.8. The summed E-state index contributed by atoms with van der Waals surface area (Å²) in [6, 6.07) is 15.1. The maximum absolute atomic E-state index is 13.2. The van der Waals surface area contributed by atoms with E-state index >= 15 is 0 Å². The normalized spacial score (nSPS) is 14.5. The first-order valence-corrected chi connectivity index (χ1v) is 11.6. The van der Waals surface area contributed by atoms with Crippen molar-refractivity contribution in [2.24, 2.45) is 5.10 Å². The van der Waals surface area contributed by atoms with Crippen molar-refractivity contribution in [2.75, 3.05) is 21.3 Å². The summed E-state index contributed by atoms with van der Waals surface area (Å²) in [5, 5.41) is 5.97. The van der Waals surface area contributed by atoms with E-state index in [1.54, 1.807) is 36.4 Å². The molecule has 0 bridgehead atoms. The predicted octanol–water partition coefficient (Wildman–Crippen LogP) is 5.13. The van der Waals surface area contributed by atoms with E-state index in [4.69, 9.17) is 35.3 Å². The van der Waals surface area contributed by atoms with E-state index in [1.165, 1.54) is 45.4 Å². The van der Waals surface area contributed by atoms with Gasteiger partial charge in [0.2, 0.25) is 23.8 Å². The number of hydrogen-bond acceptors (Lipinski definition) is 8. The number of benzene rings is 3. The molecule has 1 aliphatic heterocycles. The summed E-state index contributed by atoms with van der Waals surface area (Å²) in [6.07, 6.45) is -0.978. The molecule has 0 saturated carbocycles. The Balaban J connectivity index is 1.67. The van der Waals surface area contributed by atoms with E-state index in [9.17, 15) is 9.59 Å². The molecule has 1 atom stereocenters. The Bertz CT molecular complexity index is 1360. The average molecular weight is 525 g/mol. The van der Waals surface area contributed by atoms with Crippen LogP contribution in [-0.4, -0.2) is 44.1 Å². The topological polar surface area (TPSA) is 95.9 Å². The lowest BCUT2D eigenvalue weighted by molar-refractivity contribution is -0.135. The number of amides is 1. The molecule has 0 fully saturated rings. The number of halogens is 1. The molecule has 0 saturated heterocycles. The lowest BCUT2D eigenvalue weighted by Gasteiger charge is -2.21. The first-order valence-electron chi connectivity index (χ1n) is 11.2. The van der Waals surface area contributed by atoms with E-state index < -0.39 is 12.2 Å². The zero-order chi connectivity index (χ0) is 26.7. The molecule has 192 valence electrons. The van der Waals surface area contributed by atoms with Gasteiger partial charge in [0.1, 0.15) is 5.75 Å². The van der Waals surface area contributed by atoms with Crippen LogP contribution in [0, 0.1) is 6.92 Å². The summed E-state index contributed by atoms with van der Waals surface area (Å²) in [7, 11) is 4.37. The Labute approximate surface area is 219 Å². The average Bonchev–Trinajstić information content (AvgIpc) is 3.33. The van der Waals surface area contributed by atoms with Crippen LogP contribution in [0.5, 0.6) is 23.0 Å². The second-order valence-corrected chi connectivity index (χ2v) is 8.47. The Hall–Kier alpha value is -4.24. The first kappa shape index (κ1) is 25.8. The molecular formula is C27H25ClN2O7. The maximum atomic E-state index is 13.2. The van der Waals surface area contributed by atoms with Crippen molar-refractivity contribution in [3.8, 4) is 23.0 Å². The number of hydrazone groups is 1. The van der Waals surface area contributed by atoms with Gasteiger partial charge in [0.05, 0.1) is 43.0 Å². The fraction of sp³-hybridized carbons (Fsp3) is 0.222. The highest BCUT2D eigenvalue weighted by atomic mass is 35.5. The zero-order valence-electron chi connectivity index (χ0n) is 20.9. The van der Waals surface area contributed by atoms with Gasteiger partial charge in [0, 0.05) is 6.92 Å². The summed E-state index contributed by atoms with van der Waals surface area (Å²) in [6.45, 7) is 3.28. The Kier molecular flexibility index (Phi) is 7.54. The minimum absolute atomic E-state index is 0.170. The number of esters is 1. The molecule has 1 aliphatic rings. The van der Waals surface area contributed by atoms with Gasteiger partial charge in [-0.05, 0) is 48.9 Å². The van der Waals surface area contributed by atoms with Gasteiger partial charge in [0.25, 0.3) is 0 Å². The van der Waals surface area contributed by atoms with Crippen LogP contribution in [0.25, 0.3) is 0 Å². The van der Waals surface area contributed by atoms with Crippen molar-refractivity contribution >= 4 is 29.4 Å². The zero-order valence-corrected chi connectivity index (χ0v) is 21.7. The summed E-state index contributed by atoms with van der Waals surface area (Å²) in [4.78, 5) is 25.6. The molecule has 3 aromatic carbocycles. The standard InChI is InChI=1S/C27H25ClN2O7/c1-15-10-11-18(20(28)12-15)25-29-30(16(2)31)26(37-25)19-8-6-7-9-21(19)36-27(32)17-13-22(33-3)24(35-5)23(14-17)34-4/h6-14,26H,1-5H3/t26-/m1/s1. The number of rotatable bonds is 7. The minimum atomic E-state index is -0.978. The van der Waals surface area contributed by atoms with Gasteiger partial charge >= 0.3 is 5.97 Å². The molecular weight excluding hydrogens is 500 g/mol. The molecule has 0 N–H and O–H groups in total. The largest absolute Gasteiger partial charge is 0.493 e. The molecule has 0 spiro atoms. The van der Waals surface area contributed by atoms with E-state index in [0.29, 0.717) is 33.4 Å². The summed E-state index contributed by atoms with van der Waals surface area (Å²) in [5.41, 5.74) is 2.09. The highest BCUT2D eigenvalue weighted by Crippen LogP contribution is 2.40. The van der Waals surface area contributed by atoms with Crippen LogP contribution in [0.2, 0.25) is 5.02 Å². The molecule has 4 rings (SSSR count). The van der Waals surface area contributed by atoms with Gasteiger partial charge < -0.3 is 23.7 Å². The number of methoxy groups -OCH3 is 3. The smallest absolute Gasteiger partial charge is 0.343 e. The number of nitrogens with zero attached hydrogens (tertiary/aromatic N) is 2. The predicted molar refractivity (Wildman–Crippen MR) is 137 cm³/mol. The number of carbonyl (C=O) groups excluding carboxylic acids is 2. The molecule has 1 heterocycles. The van der Waals surface area contributed by atoms with E-state index in [-0.39, 0.29) is 23.1 Å². The fourth-order valence-electron chi connectivity index (χ4n) is 3.81. The molecule has 9 nitrogen and oxygen atoms in total. The number of hydrogen-bond donors (Lipinski definition) is 0. The van der Waals surface area contributed by atoms with Crippen molar-refractivity contribution in [1.29, 1.82) is 0 Å². The van der Waals surface area contributed by atoms with Crippen molar-refractivity contribution in [1.82, 2.24) is 5.01 Å². The van der Waals surface area contributed by atoms with Crippen molar-refractivity contribution in [3.05, 3.63) is 81.9 Å². The number of ether oxygens (including phenoxy) is 5. The van der Waals surface area contributed by atoms with Gasteiger partial charge in [-0.25, -0.2) is 4.79 Å². The van der Waals surface area contributed by atoms with Crippen LogP contribution in [0.4, 0.5) is 0 Å². The second kappa shape index (κ2) is 10.8. The molecule has 0 radical (unpaired) electrons. The molecule has 0 aliphatic carbocycles. The minimum Gasteiger partial charge on any atom is -0.493 e. The number of para-hydroxylation sites is 1. The number of carbonyl (C=O) groups is 2. The lowest BCUT2D eigenvalue weighted by Crippen LogP contribution is -2.26. The third kappa shape index (κ3) is 5.17. The first-order chi connectivity index (χ1) is 17.8. The monoisotopic (exact) mass is 524 g/mol. The molecule has 37 heavy (non-hydrogen) atoms. The van der Waals surface area contributed by atoms with Crippen LogP contribution in [0.15, 0.2) is 59.7 Å². The van der Waals surface area contributed by atoms with E-state index in [2.05, 4.69) is 5.10 Å². The third-order valence-corrected chi connectivity index (χ3v) is 5.92. The Morgan fingerprint density at radius 2 is 1.62 bits per heavy atom. The molecule has 1 amide bonds. The van der Waals surface area contributed by atoms with Gasteiger partial charge in [-0.15, -0.1) is 5.10 Å². The van der Waals surface area contributed by atoms with Gasteiger partial charge in [-0.3, -0.25) is 4.79 Å².